The number of nitrogens with one attached hydrogen (secondary N) is 1. The average Bonchev–Trinajstić information content (AvgIpc) is 2.67. The SMILES string of the molecule is CCCNC(c1c(C)nn(C)c1C)C1CCCCC1. The van der Waals surface area contributed by atoms with Crippen molar-refractivity contribution in [2.24, 2.45) is 13.0 Å². The topological polar surface area (TPSA) is 29.9 Å². The van der Waals surface area contributed by atoms with Crippen LogP contribution in [0.4, 0.5) is 0 Å². The predicted octanol–water partition coefficient (Wildman–Crippen LogP) is 3.66. The summed E-state index contributed by atoms with van der Waals surface area (Å²) in [6.07, 6.45) is 8.15. The highest BCUT2D eigenvalue weighted by atomic mass is 15.3. The minimum atomic E-state index is 0.508. The van der Waals surface area contributed by atoms with Crippen LogP contribution in [0.5, 0.6) is 0 Å². The van der Waals surface area contributed by atoms with E-state index in [0.717, 1.165) is 12.5 Å². The molecule has 19 heavy (non-hydrogen) atoms. The summed E-state index contributed by atoms with van der Waals surface area (Å²) >= 11 is 0. The average molecular weight is 263 g/mol. The summed E-state index contributed by atoms with van der Waals surface area (Å²) < 4.78 is 2.04. The molecule has 1 fully saturated rings. The van der Waals surface area contributed by atoms with Gasteiger partial charge in [0.25, 0.3) is 0 Å². The van der Waals surface area contributed by atoms with Crippen LogP contribution in [-0.2, 0) is 7.05 Å². The molecule has 0 bridgehead atoms. The van der Waals surface area contributed by atoms with Crippen LogP contribution < -0.4 is 5.32 Å². The van der Waals surface area contributed by atoms with Gasteiger partial charge in [-0.2, -0.15) is 5.10 Å². The first-order chi connectivity index (χ1) is 9.15. The van der Waals surface area contributed by atoms with Gasteiger partial charge in [-0.3, -0.25) is 4.68 Å². The van der Waals surface area contributed by atoms with E-state index < -0.39 is 0 Å². The molecule has 1 aromatic heterocycles. The van der Waals surface area contributed by atoms with Crippen LogP contribution in [0.25, 0.3) is 0 Å². The number of hydrogen-bond acceptors (Lipinski definition) is 2. The molecule has 0 amide bonds. The Kier molecular flexibility index (Phi) is 5.03. The summed E-state index contributed by atoms with van der Waals surface area (Å²) in [5.41, 5.74) is 4.00. The maximum absolute atomic E-state index is 4.61. The Morgan fingerprint density at radius 2 is 1.95 bits per heavy atom. The first-order valence-corrected chi connectivity index (χ1v) is 7.88. The van der Waals surface area contributed by atoms with Gasteiger partial charge in [-0.05, 0) is 45.6 Å². The van der Waals surface area contributed by atoms with Crippen LogP contribution in [0.1, 0.15) is 68.4 Å². The molecule has 0 aliphatic heterocycles. The van der Waals surface area contributed by atoms with Gasteiger partial charge in [0.05, 0.1) is 5.69 Å². The van der Waals surface area contributed by atoms with E-state index in [9.17, 15) is 0 Å². The van der Waals surface area contributed by atoms with Gasteiger partial charge in [-0.1, -0.05) is 26.2 Å². The molecule has 3 heteroatoms. The maximum atomic E-state index is 4.61. The lowest BCUT2D eigenvalue weighted by atomic mass is 9.80. The van der Waals surface area contributed by atoms with E-state index in [4.69, 9.17) is 0 Å². The lowest BCUT2D eigenvalue weighted by Gasteiger charge is -2.31. The zero-order chi connectivity index (χ0) is 13.8. The molecule has 1 saturated carbocycles. The second-order valence-corrected chi connectivity index (χ2v) is 6.04. The number of nitrogens with zero attached hydrogens (tertiary/aromatic N) is 2. The van der Waals surface area contributed by atoms with Crippen molar-refractivity contribution >= 4 is 0 Å². The summed E-state index contributed by atoms with van der Waals surface area (Å²) in [6.45, 7) is 7.72. The van der Waals surface area contributed by atoms with E-state index in [1.165, 1.54) is 55.5 Å². The fourth-order valence-corrected chi connectivity index (χ4v) is 3.51. The molecule has 2 rings (SSSR count). The van der Waals surface area contributed by atoms with Crippen molar-refractivity contribution in [2.75, 3.05) is 6.54 Å². The molecule has 1 atom stereocenters. The third-order valence-corrected chi connectivity index (χ3v) is 4.61. The molecule has 1 aliphatic rings. The van der Waals surface area contributed by atoms with Crippen LogP contribution in [0.15, 0.2) is 0 Å². The van der Waals surface area contributed by atoms with E-state index in [0.29, 0.717) is 6.04 Å². The molecule has 0 spiro atoms. The molecule has 0 radical (unpaired) electrons. The monoisotopic (exact) mass is 263 g/mol. The van der Waals surface area contributed by atoms with Crippen molar-refractivity contribution in [1.29, 1.82) is 0 Å². The van der Waals surface area contributed by atoms with E-state index in [2.05, 4.69) is 38.2 Å². The summed E-state index contributed by atoms with van der Waals surface area (Å²) in [5.74, 6) is 0.793. The third kappa shape index (κ3) is 3.19. The zero-order valence-corrected chi connectivity index (χ0v) is 13.0. The van der Waals surface area contributed by atoms with Crippen molar-refractivity contribution < 1.29 is 0 Å². The van der Waals surface area contributed by atoms with Crippen molar-refractivity contribution in [2.45, 2.75) is 65.3 Å². The molecule has 3 nitrogen and oxygen atoms in total. The standard InChI is InChI=1S/C16H29N3/c1-5-11-17-16(14-9-7-6-8-10-14)15-12(2)18-19(4)13(15)3/h14,16-17H,5-11H2,1-4H3. The van der Waals surface area contributed by atoms with E-state index in [-0.39, 0.29) is 0 Å². The Morgan fingerprint density at radius 3 is 2.47 bits per heavy atom. The second kappa shape index (κ2) is 6.56. The first-order valence-electron chi connectivity index (χ1n) is 7.88. The molecule has 1 N–H and O–H groups in total. The highest BCUT2D eigenvalue weighted by Crippen LogP contribution is 2.36. The van der Waals surface area contributed by atoms with Gasteiger partial charge in [-0.25, -0.2) is 0 Å². The van der Waals surface area contributed by atoms with Gasteiger partial charge in [-0.15, -0.1) is 0 Å². The Hall–Kier alpha value is -0.830. The minimum absolute atomic E-state index is 0.508. The van der Waals surface area contributed by atoms with E-state index in [1.54, 1.807) is 0 Å². The summed E-state index contributed by atoms with van der Waals surface area (Å²) in [4.78, 5) is 0. The Bertz CT molecular complexity index is 402. The van der Waals surface area contributed by atoms with Crippen LogP contribution in [0, 0.1) is 19.8 Å². The molecule has 108 valence electrons. The van der Waals surface area contributed by atoms with Crippen molar-refractivity contribution in [3.05, 3.63) is 17.0 Å². The number of rotatable bonds is 5. The predicted molar refractivity (Wildman–Crippen MR) is 80.3 cm³/mol. The quantitative estimate of drug-likeness (QED) is 0.878. The van der Waals surface area contributed by atoms with Gasteiger partial charge in [0.1, 0.15) is 0 Å². The summed E-state index contributed by atoms with van der Waals surface area (Å²) in [7, 11) is 2.06. The van der Waals surface area contributed by atoms with Gasteiger partial charge in [0.2, 0.25) is 0 Å². The van der Waals surface area contributed by atoms with Crippen LogP contribution in [-0.4, -0.2) is 16.3 Å². The Balaban J connectivity index is 2.25. The Labute approximate surface area is 117 Å². The van der Waals surface area contributed by atoms with Crippen LogP contribution >= 0.6 is 0 Å². The van der Waals surface area contributed by atoms with Crippen molar-refractivity contribution in [1.82, 2.24) is 15.1 Å². The largest absolute Gasteiger partial charge is 0.310 e. The molecule has 0 aromatic carbocycles. The first kappa shape index (κ1) is 14.6. The van der Waals surface area contributed by atoms with Crippen LogP contribution in [0.2, 0.25) is 0 Å². The van der Waals surface area contributed by atoms with Gasteiger partial charge in [0.15, 0.2) is 0 Å². The fraction of sp³-hybridized carbons (Fsp3) is 0.812. The summed E-state index contributed by atoms with van der Waals surface area (Å²) in [6, 6.07) is 0.508. The Morgan fingerprint density at radius 1 is 1.26 bits per heavy atom. The van der Waals surface area contributed by atoms with E-state index in [1.807, 2.05) is 4.68 Å². The van der Waals surface area contributed by atoms with E-state index >= 15 is 0 Å². The minimum Gasteiger partial charge on any atom is -0.310 e. The number of aryl methyl sites for hydroxylation is 2. The fourth-order valence-electron chi connectivity index (χ4n) is 3.51. The molecular weight excluding hydrogens is 234 g/mol. The van der Waals surface area contributed by atoms with Crippen molar-refractivity contribution in [3.63, 3.8) is 0 Å². The molecule has 1 unspecified atom stereocenters. The number of hydrogen-bond donors (Lipinski definition) is 1. The van der Waals surface area contributed by atoms with Gasteiger partial charge >= 0.3 is 0 Å². The normalized spacial score (nSPS) is 18.7. The smallest absolute Gasteiger partial charge is 0.0644 e. The maximum Gasteiger partial charge on any atom is 0.0644 e. The summed E-state index contributed by atoms with van der Waals surface area (Å²) in [5, 5.41) is 8.41. The van der Waals surface area contributed by atoms with Gasteiger partial charge < -0.3 is 5.32 Å². The lowest BCUT2D eigenvalue weighted by Crippen LogP contribution is -2.31. The molecule has 1 heterocycles. The molecular formula is C16H29N3. The molecule has 0 saturated heterocycles. The van der Waals surface area contributed by atoms with Gasteiger partial charge in [0, 0.05) is 24.3 Å². The third-order valence-electron chi connectivity index (χ3n) is 4.61. The highest BCUT2D eigenvalue weighted by Gasteiger charge is 2.28. The lowest BCUT2D eigenvalue weighted by molar-refractivity contribution is 0.270. The molecule has 1 aromatic rings. The highest BCUT2D eigenvalue weighted by molar-refractivity contribution is 5.29. The second-order valence-electron chi connectivity index (χ2n) is 6.04. The zero-order valence-electron chi connectivity index (χ0n) is 13.0. The molecule has 1 aliphatic carbocycles. The number of aromatic nitrogens is 2. The van der Waals surface area contributed by atoms with Crippen LogP contribution in [0.3, 0.4) is 0 Å². The van der Waals surface area contributed by atoms with Crippen molar-refractivity contribution in [3.8, 4) is 0 Å².